The van der Waals surface area contributed by atoms with E-state index >= 15 is 0 Å². The summed E-state index contributed by atoms with van der Waals surface area (Å²) in [5.74, 6) is 0.370. The lowest BCUT2D eigenvalue weighted by molar-refractivity contribution is -0.136. The van der Waals surface area contributed by atoms with E-state index in [1.807, 2.05) is 11.8 Å². The van der Waals surface area contributed by atoms with Crippen molar-refractivity contribution in [1.82, 2.24) is 4.90 Å². The molecule has 2 atom stereocenters. The summed E-state index contributed by atoms with van der Waals surface area (Å²) in [7, 11) is 0. The van der Waals surface area contributed by atoms with Crippen LogP contribution in [0.2, 0.25) is 10.0 Å². The number of nitrogens with zero attached hydrogens (tertiary/aromatic N) is 1. The van der Waals surface area contributed by atoms with E-state index in [9.17, 15) is 4.79 Å². The molecule has 0 radical (unpaired) electrons. The molecule has 2 rings (SSSR count). The maximum atomic E-state index is 12.2. The van der Waals surface area contributed by atoms with Crippen LogP contribution in [0, 0.1) is 0 Å². The van der Waals surface area contributed by atoms with Crippen molar-refractivity contribution in [2.45, 2.75) is 31.8 Å². The molecular weight excluding hydrogens is 299 g/mol. The number of carbonyl (C=O) groups excluding carboxylic acids is 1. The molecule has 1 saturated heterocycles. The molecule has 0 saturated carbocycles. The Labute approximate surface area is 128 Å². The number of nitrogens with two attached hydrogens (primary N) is 1. The molecule has 4 nitrogen and oxygen atoms in total. The van der Waals surface area contributed by atoms with Gasteiger partial charge in [-0.3, -0.25) is 4.79 Å². The molecule has 110 valence electrons. The first-order valence-electron chi connectivity index (χ1n) is 6.60. The molecule has 1 aromatic rings. The average Bonchev–Trinajstić information content (AvgIpc) is 2.39. The van der Waals surface area contributed by atoms with E-state index in [1.54, 1.807) is 18.2 Å². The van der Waals surface area contributed by atoms with Crippen LogP contribution in [0.1, 0.15) is 19.8 Å². The lowest BCUT2D eigenvalue weighted by Crippen LogP contribution is -2.49. The van der Waals surface area contributed by atoms with Gasteiger partial charge in [-0.2, -0.15) is 0 Å². The maximum absolute atomic E-state index is 12.2. The van der Waals surface area contributed by atoms with Crippen molar-refractivity contribution in [3.05, 3.63) is 28.2 Å². The third kappa shape index (κ3) is 3.78. The Morgan fingerprint density at radius 1 is 1.50 bits per heavy atom. The maximum Gasteiger partial charge on any atom is 0.260 e. The van der Waals surface area contributed by atoms with E-state index in [4.69, 9.17) is 33.7 Å². The highest BCUT2D eigenvalue weighted by molar-refractivity contribution is 6.34. The molecular formula is C14H18Cl2N2O2. The Bertz CT molecular complexity index is 496. The average molecular weight is 317 g/mol. The summed E-state index contributed by atoms with van der Waals surface area (Å²) in [5, 5.41) is 0.963. The van der Waals surface area contributed by atoms with Gasteiger partial charge in [-0.05, 0) is 31.9 Å². The van der Waals surface area contributed by atoms with E-state index < -0.39 is 0 Å². The number of carbonyl (C=O) groups is 1. The van der Waals surface area contributed by atoms with Gasteiger partial charge in [-0.15, -0.1) is 0 Å². The van der Waals surface area contributed by atoms with Gasteiger partial charge in [0, 0.05) is 29.7 Å². The van der Waals surface area contributed by atoms with E-state index in [1.165, 1.54) is 0 Å². The van der Waals surface area contributed by atoms with Crippen LogP contribution in [0.25, 0.3) is 0 Å². The smallest absolute Gasteiger partial charge is 0.260 e. The molecule has 0 bridgehead atoms. The predicted octanol–water partition coefficient (Wildman–Crippen LogP) is 2.71. The zero-order valence-corrected chi connectivity index (χ0v) is 12.8. The van der Waals surface area contributed by atoms with Crippen LogP contribution in [0.15, 0.2) is 18.2 Å². The first-order chi connectivity index (χ1) is 9.47. The molecule has 2 N–H and O–H groups in total. The highest BCUT2D eigenvalue weighted by atomic mass is 35.5. The van der Waals surface area contributed by atoms with Gasteiger partial charge in [0.2, 0.25) is 0 Å². The van der Waals surface area contributed by atoms with Crippen molar-refractivity contribution in [1.29, 1.82) is 0 Å². The molecule has 0 unspecified atom stereocenters. The van der Waals surface area contributed by atoms with Crippen LogP contribution in [0.3, 0.4) is 0 Å². The highest BCUT2D eigenvalue weighted by Gasteiger charge is 2.27. The molecule has 1 heterocycles. The van der Waals surface area contributed by atoms with Gasteiger partial charge in [0.1, 0.15) is 5.75 Å². The highest BCUT2D eigenvalue weighted by Crippen LogP contribution is 2.27. The van der Waals surface area contributed by atoms with Crippen molar-refractivity contribution in [2.24, 2.45) is 5.73 Å². The molecule has 0 aromatic heterocycles. The third-order valence-electron chi connectivity index (χ3n) is 3.48. The second kappa shape index (κ2) is 6.66. The van der Waals surface area contributed by atoms with Gasteiger partial charge in [0.15, 0.2) is 6.61 Å². The number of hydrogen-bond donors (Lipinski definition) is 1. The summed E-state index contributed by atoms with van der Waals surface area (Å²) in [5.41, 5.74) is 5.89. The van der Waals surface area contributed by atoms with Crippen molar-refractivity contribution in [3.63, 3.8) is 0 Å². The molecule has 1 aromatic carbocycles. The molecule has 0 aliphatic carbocycles. The number of benzene rings is 1. The lowest BCUT2D eigenvalue weighted by Gasteiger charge is -2.36. The first-order valence-corrected chi connectivity index (χ1v) is 7.36. The summed E-state index contributed by atoms with van der Waals surface area (Å²) in [4.78, 5) is 14.0. The predicted molar refractivity (Wildman–Crippen MR) is 80.3 cm³/mol. The van der Waals surface area contributed by atoms with Crippen LogP contribution in [-0.2, 0) is 4.79 Å². The number of rotatable bonds is 3. The fourth-order valence-corrected chi connectivity index (χ4v) is 2.72. The summed E-state index contributed by atoms with van der Waals surface area (Å²) in [6.45, 7) is 2.64. The van der Waals surface area contributed by atoms with Crippen molar-refractivity contribution >= 4 is 29.1 Å². The molecule has 1 amide bonds. The number of halogens is 2. The monoisotopic (exact) mass is 316 g/mol. The van der Waals surface area contributed by atoms with Gasteiger partial charge >= 0.3 is 0 Å². The Kier molecular flexibility index (Phi) is 5.13. The summed E-state index contributed by atoms with van der Waals surface area (Å²) in [6, 6.07) is 5.24. The second-order valence-electron chi connectivity index (χ2n) is 5.08. The molecule has 6 heteroatoms. The van der Waals surface area contributed by atoms with Gasteiger partial charge in [-0.25, -0.2) is 0 Å². The number of amides is 1. The summed E-state index contributed by atoms with van der Waals surface area (Å²) < 4.78 is 5.47. The fourth-order valence-electron chi connectivity index (χ4n) is 2.39. The lowest BCUT2D eigenvalue weighted by atomic mass is 9.99. The van der Waals surface area contributed by atoms with Gasteiger partial charge in [0.05, 0.1) is 5.02 Å². The minimum absolute atomic E-state index is 0.0420. The Morgan fingerprint density at radius 2 is 2.25 bits per heavy atom. The summed E-state index contributed by atoms with van der Waals surface area (Å²) >= 11 is 11.9. The van der Waals surface area contributed by atoms with Crippen LogP contribution >= 0.6 is 23.2 Å². The van der Waals surface area contributed by atoms with Crippen molar-refractivity contribution < 1.29 is 9.53 Å². The van der Waals surface area contributed by atoms with Crippen LogP contribution in [0.5, 0.6) is 5.75 Å². The van der Waals surface area contributed by atoms with E-state index in [0.717, 1.165) is 12.8 Å². The Hall–Kier alpha value is -0.970. The second-order valence-corrected chi connectivity index (χ2v) is 5.93. The number of ether oxygens (including phenoxy) is 1. The largest absolute Gasteiger partial charge is 0.482 e. The number of hydrogen-bond acceptors (Lipinski definition) is 3. The standard InChI is InChI=1S/C14H18Cl2N2O2/c1-9-6-11(17)4-5-18(9)14(19)8-20-13-7-10(15)2-3-12(13)16/h2-3,7,9,11H,4-6,8,17H2,1H3/t9-,11-/m0/s1. The molecule has 1 fully saturated rings. The minimum Gasteiger partial charge on any atom is -0.482 e. The van der Waals surface area contributed by atoms with Gasteiger partial charge < -0.3 is 15.4 Å². The SMILES string of the molecule is C[C@H]1C[C@@H](N)CCN1C(=O)COc1cc(Cl)ccc1Cl. The number of likely N-dealkylation sites (tertiary alicyclic amines) is 1. The van der Waals surface area contributed by atoms with Crippen LogP contribution in [0.4, 0.5) is 0 Å². The molecule has 0 spiro atoms. The normalized spacial score (nSPS) is 22.7. The van der Waals surface area contributed by atoms with Crippen LogP contribution in [-0.4, -0.2) is 36.0 Å². The van der Waals surface area contributed by atoms with E-state index in [-0.39, 0.29) is 24.6 Å². The van der Waals surface area contributed by atoms with E-state index in [2.05, 4.69) is 0 Å². The Morgan fingerprint density at radius 3 is 2.95 bits per heavy atom. The Balaban J connectivity index is 1.93. The third-order valence-corrected chi connectivity index (χ3v) is 4.03. The minimum atomic E-state index is -0.0551. The van der Waals surface area contributed by atoms with Crippen LogP contribution < -0.4 is 10.5 Å². The van der Waals surface area contributed by atoms with Gasteiger partial charge in [-0.1, -0.05) is 23.2 Å². The first kappa shape index (κ1) is 15.4. The zero-order chi connectivity index (χ0) is 14.7. The molecule has 1 aliphatic rings. The molecule has 1 aliphatic heterocycles. The number of piperidine rings is 1. The van der Waals surface area contributed by atoms with Gasteiger partial charge in [0.25, 0.3) is 5.91 Å². The van der Waals surface area contributed by atoms with E-state index in [0.29, 0.717) is 22.3 Å². The topological polar surface area (TPSA) is 55.6 Å². The van der Waals surface area contributed by atoms with Crippen molar-refractivity contribution in [3.8, 4) is 5.75 Å². The molecule has 20 heavy (non-hydrogen) atoms. The fraction of sp³-hybridized carbons (Fsp3) is 0.500. The van der Waals surface area contributed by atoms with Crippen molar-refractivity contribution in [2.75, 3.05) is 13.2 Å². The quantitative estimate of drug-likeness (QED) is 0.932. The summed E-state index contributed by atoms with van der Waals surface area (Å²) in [6.07, 6.45) is 1.65. The zero-order valence-electron chi connectivity index (χ0n) is 11.3.